The molecule has 0 saturated carbocycles. The summed E-state index contributed by atoms with van der Waals surface area (Å²) in [5, 5.41) is 6.74. The number of rotatable bonds is 2. The van der Waals surface area contributed by atoms with Crippen LogP contribution in [0.25, 0.3) is 0 Å². The van der Waals surface area contributed by atoms with Gasteiger partial charge in [0, 0.05) is 16.4 Å². The van der Waals surface area contributed by atoms with Crippen LogP contribution in [0.1, 0.15) is 0 Å². The number of carbonyl (C=O) groups is 1. The van der Waals surface area contributed by atoms with Crippen molar-refractivity contribution in [2.45, 2.75) is 0 Å². The molecule has 0 aliphatic carbocycles. The van der Waals surface area contributed by atoms with E-state index in [1.807, 2.05) is 0 Å². The highest BCUT2D eigenvalue weighted by Gasteiger charge is 2.04. The molecule has 0 radical (unpaired) electrons. The van der Waals surface area contributed by atoms with Crippen molar-refractivity contribution in [3.05, 3.63) is 57.5 Å². The van der Waals surface area contributed by atoms with Crippen molar-refractivity contribution < 1.29 is 4.79 Å². The first-order valence-corrected chi connectivity index (χ1v) is 6.46. The van der Waals surface area contributed by atoms with Crippen molar-refractivity contribution >= 4 is 52.2 Å². The summed E-state index contributed by atoms with van der Waals surface area (Å²) in [4.78, 5) is 11.7. The Morgan fingerprint density at radius 2 is 1.37 bits per heavy atom. The fraction of sp³-hybridized carbons (Fsp3) is 0. The predicted molar refractivity (Wildman–Crippen MR) is 80.6 cm³/mol. The monoisotopic (exact) mass is 320 g/mol. The Morgan fingerprint density at radius 3 is 2.00 bits per heavy atom. The van der Waals surface area contributed by atoms with Gasteiger partial charge in [-0.25, -0.2) is 4.79 Å². The van der Waals surface area contributed by atoms with E-state index >= 15 is 0 Å². The second kappa shape index (κ2) is 6.15. The average molecular weight is 322 g/mol. The van der Waals surface area contributed by atoms with E-state index in [0.29, 0.717) is 26.4 Å². The molecule has 2 aromatic carbocycles. The smallest absolute Gasteiger partial charge is 0.308 e. The largest absolute Gasteiger partial charge is 0.323 e. The number of nitrogens with one attached hydrogen (secondary N) is 2. The molecule has 0 atom stereocenters. The van der Waals surface area contributed by atoms with E-state index in [2.05, 4.69) is 10.6 Å². The number of amides is 2. The Morgan fingerprint density at radius 1 is 0.789 bits per heavy atom. The topological polar surface area (TPSA) is 41.1 Å². The van der Waals surface area contributed by atoms with Gasteiger partial charge in [-0.1, -0.05) is 34.8 Å². The molecule has 0 bridgehead atoms. The van der Waals surface area contributed by atoms with E-state index in [4.69, 9.17) is 34.8 Å². The van der Waals surface area contributed by atoms with Crippen LogP contribution in [-0.2, 0) is 0 Å². The quantitative estimate of drug-likeness (QED) is 0.775. The number of halogens is 3. The number of benzene rings is 2. The predicted octanol–water partition coefficient (Wildman–Crippen LogP) is 5.29. The zero-order chi connectivity index (χ0) is 13.8. The van der Waals surface area contributed by atoms with Gasteiger partial charge in [0.2, 0.25) is 0 Å². The van der Waals surface area contributed by atoms with Gasteiger partial charge < -0.3 is 10.6 Å². The van der Waals surface area contributed by atoms with Crippen molar-refractivity contribution in [3.8, 4) is 0 Å². The normalized spacial score (nSPS) is 10.1. The van der Waals surface area contributed by atoms with Gasteiger partial charge in [-0.2, -0.15) is 0 Å². The van der Waals surface area contributed by atoms with Crippen LogP contribution in [0.4, 0.5) is 16.2 Å². The summed E-state index contributed by atoms with van der Waals surface area (Å²) >= 11 is 17.4. The Hall–Kier alpha value is -1.42. The third kappa shape index (κ3) is 4.03. The third-order valence-electron chi connectivity index (χ3n) is 2.28. The van der Waals surface area contributed by atoms with Gasteiger partial charge in [0.25, 0.3) is 0 Å². The highest BCUT2D eigenvalue weighted by Crippen LogP contribution is 2.25. The Kier molecular flexibility index (Phi) is 4.53. The first-order chi connectivity index (χ1) is 9.04. The molecule has 6 heteroatoms. The second-order valence-corrected chi connectivity index (χ2v) is 4.97. The zero-order valence-electron chi connectivity index (χ0n) is 9.58. The van der Waals surface area contributed by atoms with Gasteiger partial charge >= 0.3 is 6.03 Å². The van der Waals surface area contributed by atoms with Crippen molar-refractivity contribution in [3.63, 3.8) is 0 Å². The molecule has 0 aliphatic heterocycles. The highest BCUT2D eigenvalue weighted by atomic mass is 35.5. The molecule has 0 unspecified atom stereocenters. The van der Waals surface area contributed by atoms with Gasteiger partial charge in [-0.15, -0.1) is 0 Å². The lowest BCUT2D eigenvalue weighted by Crippen LogP contribution is -2.19. The molecule has 0 spiro atoms. The van der Waals surface area contributed by atoms with Gasteiger partial charge in [-0.3, -0.25) is 0 Å². The SMILES string of the molecule is O=C(Nc1ccc(Cl)c(Cl)c1)N[13c]1[13cH][13cH][13c](Cl)[13cH][13cH]1. The van der Waals surface area contributed by atoms with Crippen molar-refractivity contribution in [2.24, 2.45) is 0 Å². The molecule has 2 aromatic rings. The summed E-state index contributed by atoms with van der Waals surface area (Å²) < 4.78 is 0. The van der Waals surface area contributed by atoms with E-state index in [1.54, 1.807) is 42.5 Å². The summed E-state index contributed by atoms with van der Waals surface area (Å²) in [6.45, 7) is 0. The van der Waals surface area contributed by atoms with E-state index in [9.17, 15) is 4.79 Å². The number of carbonyl (C=O) groups excluding carboxylic acids is 1. The van der Waals surface area contributed by atoms with Gasteiger partial charge in [0.1, 0.15) is 0 Å². The van der Waals surface area contributed by atoms with Crippen LogP contribution in [0, 0.1) is 0 Å². The molecule has 19 heavy (non-hydrogen) atoms. The first-order valence-electron chi connectivity index (χ1n) is 5.33. The fourth-order valence-corrected chi connectivity index (χ4v) is 1.82. The summed E-state index contributed by atoms with van der Waals surface area (Å²) in [5.74, 6) is 0. The summed E-state index contributed by atoms with van der Waals surface area (Å²) in [5.41, 5.74) is 1.20. The maximum Gasteiger partial charge on any atom is 0.323 e. The molecule has 0 aromatic heterocycles. The third-order valence-corrected chi connectivity index (χ3v) is 3.27. The molecule has 3 nitrogen and oxygen atoms in total. The Balaban J connectivity index is 2.01. The Bertz CT molecular complexity index is 599. The first kappa shape index (κ1) is 14.0. The maximum absolute atomic E-state index is 11.7. The number of urea groups is 1. The van der Waals surface area contributed by atoms with Gasteiger partial charge in [0.15, 0.2) is 0 Å². The van der Waals surface area contributed by atoms with Crippen LogP contribution >= 0.6 is 34.8 Å². The van der Waals surface area contributed by atoms with Crippen LogP contribution in [0.3, 0.4) is 0 Å². The van der Waals surface area contributed by atoms with Gasteiger partial charge in [0.05, 0.1) is 10.0 Å². The van der Waals surface area contributed by atoms with E-state index < -0.39 is 0 Å². The lowest BCUT2D eigenvalue weighted by molar-refractivity contribution is 0.262. The lowest BCUT2D eigenvalue weighted by Gasteiger charge is -2.08. The summed E-state index contributed by atoms with van der Waals surface area (Å²) in [6, 6.07) is 11.3. The van der Waals surface area contributed by atoms with Crippen molar-refractivity contribution in [2.75, 3.05) is 10.6 Å². The molecule has 98 valence electrons. The van der Waals surface area contributed by atoms with Crippen LogP contribution in [0.15, 0.2) is 42.5 Å². The molecule has 0 aliphatic rings. The molecule has 2 N–H and O–H groups in total. The summed E-state index contributed by atoms with van der Waals surface area (Å²) in [6.07, 6.45) is 0. The second-order valence-electron chi connectivity index (χ2n) is 3.71. The number of hydrogen-bond donors (Lipinski definition) is 2. The molecule has 0 heterocycles. The van der Waals surface area contributed by atoms with Crippen LogP contribution in [0.2, 0.25) is 15.1 Å². The minimum absolute atomic E-state index is 0.374. The average Bonchev–Trinajstić information content (AvgIpc) is 2.37. The van der Waals surface area contributed by atoms with Crippen LogP contribution in [0.5, 0.6) is 0 Å². The minimum atomic E-state index is -0.374. The van der Waals surface area contributed by atoms with Crippen molar-refractivity contribution in [1.29, 1.82) is 0 Å². The highest BCUT2D eigenvalue weighted by molar-refractivity contribution is 6.42. The number of anilines is 2. The molecule has 2 amide bonds. The molecule has 0 saturated heterocycles. The van der Waals surface area contributed by atoms with Gasteiger partial charge in [-0.05, 0) is 42.5 Å². The molecule has 0 fully saturated rings. The van der Waals surface area contributed by atoms with Crippen molar-refractivity contribution in [1.82, 2.24) is 0 Å². The summed E-state index contributed by atoms with van der Waals surface area (Å²) in [7, 11) is 0. The zero-order valence-corrected chi connectivity index (χ0v) is 11.9. The standard InChI is InChI=1S/C13H9Cl3N2O/c14-8-1-3-9(4-2-8)17-13(19)18-10-5-6-11(15)12(16)7-10/h1-7H,(H2,17,18,19)/i1+1,2+1,3+1,4+1,8+1,9+1. The van der Waals surface area contributed by atoms with E-state index in [1.165, 1.54) is 0 Å². The Labute approximate surface area is 125 Å². The van der Waals surface area contributed by atoms with E-state index in [0.717, 1.165) is 0 Å². The maximum atomic E-state index is 11.7. The molecule has 2 rings (SSSR count). The number of hydrogen-bond acceptors (Lipinski definition) is 1. The molecular weight excluding hydrogens is 312 g/mol. The molecular formula is C13H9Cl3N2O. The fourth-order valence-electron chi connectivity index (χ4n) is 1.40. The van der Waals surface area contributed by atoms with Crippen LogP contribution in [-0.4, -0.2) is 6.03 Å². The van der Waals surface area contributed by atoms with Crippen LogP contribution < -0.4 is 10.6 Å². The minimum Gasteiger partial charge on any atom is -0.308 e. The lowest BCUT2D eigenvalue weighted by atomic mass is 10.3. The van der Waals surface area contributed by atoms with E-state index in [-0.39, 0.29) is 6.03 Å².